The number of hydrogen-bond acceptors (Lipinski definition) is 19. The van der Waals surface area contributed by atoms with E-state index in [0.717, 1.165) is 43.8 Å². The van der Waals surface area contributed by atoms with Gasteiger partial charge in [-0.1, -0.05) is 270 Å². The maximum Gasteiger partial charge on any atom is 0.306 e. The van der Waals surface area contributed by atoms with Crippen molar-refractivity contribution < 1.29 is 89.9 Å². The van der Waals surface area contributed by atoms with Gasteiger partial charge in [0.1, 0.15) is 66.8 Å². The van der Waals surface area contributed by atoms with Crippen LogP contribution in [0.2, 0.25) is 5.04 Å². The highest BCUT2D eigenvalue weighted by atomic mass is 28.4. The summed E-state index contributed by atoms with van der Waals surface area (Å²) in [5.41, 5.74) is 5.23. The van der Waals surface area contributed by atoms with E-state index in [1.807, 2.05) is 225 Å². The molecule has 0 aromatic heterocycles. The van der Waals surface area contributed by atoms with Crippen LogP contribution in [0.15, 0.2) is 243 Å². The number of ether oxygens (including phenoxy) is 15. The lowest BCUT2D eigenvalue weighted by atomic mass is 9.95. The van der Waals surface area contributed by atoms with Crippen molar-refractivity contribution in [1.29, 1.82) is 0 Å². The molecule has 572 valence electrons. The van der Waals surface area contributed by atoms with Crippen LogP contribution in [0.4, 0.5) is 0 Å². The predicted molar refractivity (Wildman–Crippen MR) is 406 cm³/mol. The lowest BCUT2D eigenvalue weighted by Gasteiger charge is -2.53. The van der Waals surface area contributed by atoms with Crippen molar-refractivity contribution in [2.24, 2.45) is 0 Å². The Hall–Kier alpha value is -7.97. The fourth-order valence-corrected chi connectivity index (χ4v) is 19.1. The number of rotatable bonds is 36. The Morgan fingerprint density at radius 3 is 1.36 bits per heavy atom. The third-order valence-electron chi connectivity index (χ3n) is 20.0. The Labute approximate surface area is 635 Å². The van der Waals surface area contributed by atoms with E-state index in [4.69, 9.17) is 75.5 Å². The highest BCUT2D eigenvalue weighted by Crippen LogP contribution is 2.43. The van der Waals surface area contributed by atoms with Crippen LogP contribution in [-0.4, -0.2) is 145 Å². The first-order valence-corrected chi connectivity index (χ1v) is 39.6. The van der Waals surface area contributed by atoms with Gasteiger partial charge in [-0.3, -0.25) is 9.59 Å². The lowest BCUT2D eigenvalue weighted by molar-refractivity contribution is -0.409. The summed E-state index contributed by atoms with van der Waals surface area (Å²) >= 11 is 0. The number of unbranched alkanes of at least 4 members (excludes halogenated alkanes) is 2. The molecule has 108 heavy (non-hydrogen) atoms. The first-order chi connectivity index (χ1) is 52.7. The molecule has 0 saturated carbocycles. The Morgan fingerprint density at radius 2 is 0.870 bits per heavy atom. The summed E-state index contributed by atoms with van der Waals surface area (Å²) < 4.78 is 114. The van der Waals surface area contributed by atoms with Gasteiger partial charge in [0.2, 0.25) is 0 Å². The molecule has 20 heteroatoms. The van der Waals surface area contributed by atoms with Crippen LogP contribution >= 0.6 is 0 Å². The third-order valence-corrected chi connectivity index (χ3v) is 25.1. The van der Waals surface area contributed by atoms with Crippen molar-refractivity contribution in [3.05, 3.63) is 276 Å². The molecule has 4 heterocycles. The van der Waals surface area contributed by atoms with E-state index < -0.39 is 118 Å². The molecule has 16 atom stereocenters. The number of ketones is 1. The van der Waals surface area contributed by atoms with Gasteiger partial charge >= 0.3 is 11.9 Å². The Bertz CT molecular complexity index is 3920. The van der Waals surface area contributed by atoms with E-state index in [1.54, 1.807) is 0 Å². The predicted octanol–water partition coefficient (Wildman–Crippen LogP) is 13.6. The van der Waals surface area contributed by atoms with Crippen molar-refractivity contribution >= 4 is 36.4 Å². The SMILES string of the molecule is COC(=O)CCCCCO[C@@H]1O[C@H](CO[Si](c2ccccc2)(c2ccccc2)C(C)(C)C)[C@H](OC(=O)CCC(C)=O)[C@H](O[C@H]2O[C@@H]3COC(c4ccccc4)O[C@@H]3[C@H](OCc3ccccc3)[C@H]2OCc2ccccc2)[C@H]1O[C@@H]1O[C@@H](C)[C@@H](OCc2ccccc2)[C@@H](OCc2ccccc2)[C@@H]1OCc1ccccc1. The topological polar surface area (TPSA) is 199 Å². The second kappa shape index (κ2) is 39.6. The zero-order valence-corrected chi connectivity index (χ0v) is 63.5. The number of carbonyl (C=O) groups excluding carboxylic acids is 3. The van der Waals surface area contributed by atoms with Crippen molar-refractivity contribution in [2.75, 3.05) is 26.9 Å². The molecule has 4 aliphatic heterocycles. The summed E-state index contributed by atoms with van der Waals surface area (Å²) in [5, 5.41) is 1.43. The van der Waals surface area contributed by atoms with Gasteiger partial charge in [0.15, 0.2) is 31.3 Å². The van der Waals surface area contributed by atoms with Crippen LogP contribution in [0, 0.1) is 0 Å². The fourth-order valence-electron chi connectivity index (χ4n) is 14.5. The van der Waals surface area contributed by atoms with E-state index >= 15 is 4.79 Å². The molecule has 0 N–H and O–H groups in total. The normalized spacial score (nSPS) is 25.8. The number of methoxy groups -OCH3 is 1. The minimum absolute atomic E-state index is 0.0284. The average Bonchev–Trinajstić information content (AvgIpc) is 0.745. The van der Waals surface area contributed by atoms with Crippen molar-refractivity contribution in [2.45, 2.75) is 210 Å². The number of hydrogen-bond donors (Lipinski definition) is 0. The lowest BCUT2D eigenvalue weighted by Crippen LogP contribution is -2.70. The fraction of sp³-hybridized carbons (Fsp3) is 0.420. The third kappa shape index (κ3) is 21.1. The van der Waals surface area contributed by atoms with Crippen molar-refractivity contribution in [3.8, 4) is 0 Å². The molecule has 0 aliphatic carbocycles. The summed E-state index contributed by atoms with van der Waals surface area (Å²) in [6.07, 6.45) is -16.5. The monoisotopic (exact) mass is 1490 g/mol. The van der Waals surface area contributed by atoms with E-state index in [9.17, 15) is 9.59 Å². The molecule has 0 amide bonds. The van der Waals surface area contributed by atoms with Gasteiger partial charge in [0, 0.05) is 25.0 Å². The molecule has 8 aromatic rings. The minimum atomic E-state index is -3.47. The zero-order valence-electron chi connectivity index (χ0n) is 62.5. The molecular formula is C88H102O19Si. The molecule has 1 unspecified atom stereocenters. The summed E-state index contributed by atoms with van der Waals surface area (Å²) in [6, 6.07) is 79.3. The number of esters is 2. The molecule has 0 radical (unpaired) electrons. The summed E-state index contributed by atoms with van der Waals surface area (Å²) in [6.45, 7) is 10.4. The smallest absolute Gasteiger partial charge is 0.306 e. The summed E-state index contributed by atoms with van der Waals surface area (Å²) in [4.78, 5) is 40.7. The highest BCUT2D eigenvalue weighted by Gasteiger charge is 2.60. The van der Waals surface area contributed by atoms with E-state index in [0.29, 0.717) is 19.3 Å². The maximum atomic E-state index is 15.2. The summed E-state index contributed by atoms with van der Waals surface area (Å²) in [5.74, 6) is -1.27. The van der Waals surface area contributed by atoms with Crippen LogP contribution < -0.4 is 10.4 Å². The Kier molecular flexibility index (Phi) is 29.2. The van der Waals surface area contributed by atoms with Gasteiger partial charge in [0.25, 0.3) is 8.32 Å². The van der Waals surface area contributed by atoms with E-state index in [1.165, 1.54) is 14.0 Å². The van der Waals surface area contributed by atoms with Gasteiger partial charge in [-0.25, -0.2) is 0 Å². The second-order valence-corrected chi connectivity index (χ2v) is 33.2. The molecular weight excluding hydrogens is 1390 g/mol. The van der Waals surface area contributed by atoms with Crippen molar-refractivity contribution in [3.63, 3.8) is 0 Å². The Balaban J connectivity index is 1.02. The first kappa shape index (κ1) is 79.6. The number of carbonyl (C=O) groups is 3. The molecule has 12 rings (SSSR count). The number of benzene rings is 8. The number of fused-ring (bicyclic) bond motifs is 1. The highest BCUT2D eigenvalue weighted by molar-refractivity contribution is 6.99. The molecule has 4 aliphatic rings. The average molecular weight is 1490 g/mol. The van der Waals surface area contributed by atoms with Crippen LogP contribution in [-0.2, 0) is 123 Å². The molecule has 0 bridgehead atoms. The standard InChI is InChI=1S/C88H102O19Si/c1-61(89)51-52-74(91)104-77-72(60-100-108(88(3,4)5,69-46-28-13-29-47-69)70-48-30-14-31-49-70)102-85(93-53-33-15-32-50-73(90)92-6)83(107-86-81(97-57-66-40-22-10-23-41-66)78(95-55-64-36-18-8-19-37-64)75(62(2)101-86)94-54-63-34-16-7-17-35-63)80(77)106-87-82(98-58-67-42-24-11-25-43-67)79(96-56-65-38-20-9-21-39-65)76-71(103-87)59-99-84(105-76)68-44-26-12-27-45-68/h7-14,16-31,34-49,62,71-72,75-87H,15,32-33,50-60H2,1-6H3/t62-,71+,72+,75+,76-,77-,78+,79-,80-,81-,82+,83+,84?,85+,86-,87+/m0/s1. The van der Waals surface area contributed by atoms with Crippen LogP contribution in [0.1, 0.15) is 113 Å². The minimum Gasteiger partial charge on any atom is -0.469 e. The van der Waals surface area contributed by atoms with Crippen molar-refractivity contribution in [1.82, 2.24) is 0 Å². The quantitative estimate of drug-likeness (QED) is 0.0204. The maximum absolute atomic E-state index is 15.2. The van der Waals surface area contributed by atoms with Gasteiger partial charge in [-0.2, -0.15) is 0 Å². The largest absolute Gasteiger partial charge is 0.469 e. The van der Waals surface area contributed by atoms with Crippen LogP contribution in [0.5, 0.6) is 0 Å². The first-order valence-electron chi connectivity index (χ1n) is 37.7. The molecule has 4 fully saturated rings. The molecule has 19 nitrogen and oxygen atoms in total. The molecule has 8 aromatic carbocycles. The summed E-state index contributed by atoms with van der Waals surface area (Å²) in [7, 11) is -2.10. The second-order valence-electron chi connectivity index (χ2n) is 28.9. The molecule has 4 saturated heterocycles. The van der Waals surface area contributed by atoms with Crippen LogP contribution in [0.3, 0.4) is 0 Å². The van der Waals surface area contributed by atoms with Gasteiger partial charge in [-0.05, 0) is 69.9 Å². The van der Waals surface area contributed by atoms with Gasteiger partial charge in [-0.15, -0.1) is 0 Å². The number of Topliss-reactive ketones (excluding diaryl/α,β-unsaturated/α-hetero) is 1. The zero-order chi connectivity index (χ0) is 75.1. The van der Waals surface area contributed by atoms with Gasteiger partial charge in [0.05, 0.1) is 65.9 Å². The van der Waals surface area contributed by atoms with Gasteiger partial charge < -0.3 is 80.3 Å². The van der Waals surface area contributed by atoms with E-state index in [-0.39, 0.29) is 83.9 Å². The van der Waals surface area contributed by atoms with Crippen LogP contribution in [0.25, 0.3) is 0 Å². The van der Waals surface area contributed by atoms with E-state index in [2.05, 4.69) is 45.0 Å². The Morgan fingerprint density at radius 1 is 0.426 bits per heavy atom. The molecule has 0 spiro atoms.